The van der Waals surface area contributed by atoms with Crippen LogP contribution in [0.4, 0.5) is 0 Å². The highest BCUT2D eigenvalue weighted by molar-refractivity contribution is 5.87. The lowest BCUT2D eigenvalue weighted by Gasteiger charge is -2.08. The summed E-state index contributed by atoms with van der Waals surface area (Å²) < 4.78 is 11.0. The first-order chi connectivity index (χ1) is 9.09. The van der Waals surface area contributed by atoms with E-state index in [1.54, 1.807) is 18.2 Å². The maximum atomic E-state index is 10.8. The lowest BCUT2D eigenvalue weighted by atomic mass is 10.1. The van der Waals surface area contributed by atoms with E-state index in [2.05, 4.69) is 13.8 Å². The molecule has 1 aromatic carbocycles. The van der Waals surface area contributed by atoms with Gasteiger partial charge in [-0.1, -0.05) is 19.9 Å². The van der Waals surface area contributed by atoms with Crippen LogP contribution in [0.3, 0.4) is 0 Å². The Kier molecular flexibility index (Phi) is 6.97. The molecule has 0 bridgehead atoms. The van der Waals surface area contributed by atoms with Crippen molar-refractivity contribution >= 4 is 5.97 Å². The molecule has 4 heteroatoms. The molecule has 0 aromatic heterocycles. The summed E-state index contributed by atoms with van der Waals surface area (Å²) in [5.74, 6) is 0.305. The Morgan fingerprint density at radius 1 is 1.26 bits per heavy atom. The summed E-state index contributed by atoms with van der Waals surface area (Å²) in [5, 5.41) is 8.85. The highest BCUT2D eigenvalue weighted by atomic mass is 16.5. The first-order valence-corrected chi connectivity index (χ1v) is 6.63. The van der Waals surface area contributed by atoms with Gasteiger partial charge >= 0.3 is 5.97 Å². The standard InChI is InChI=1S/C15H22O4/c1-12(2)7-10-18-8-4-9-19-14-6-3-5-13(11-14)15(16)17/h3,5-6,11-12H,4,7-10H2,1-2H3,(H,16,17). The molecule has 0 amide bonds. The molecule has 0 saturated heterocycles. The van der Waals surface area contributed by atoms with Crippen molar-refractivity contribution in [2.45, 2.75) is 26.7 Å². The molecule has 0 aliphatic heterocycles. The quantitative estimate of drug-likeness (QED) is 0.697. The number of carboxylic acids is 1. The molecule has 1 N–H and O–H groups in total. The first kappa shape index (κ1) is 15.5. The number of carboxylic acid groups (broad SMARTS) is 1. The number of hydrogen-bond acceptors (Lipinski definition) is 3. The Bertz CT molecular complexity index is 387. The molecule has 0 aliphatic rings. The number of ether oxygens (including phenoxy) is 2. The number of hydrogen-bond donors (Lipinski definition) is 1. The number of carbonyl (C=O) groups is 1. The van der Waals surface area contributed by atoms with E-state index in [-0.39, 0.29) is 5.56 Å². The minimum Gasteiger partial charge on any atom is -0.493 e. The third-order valence-electron chi connectivity index (χ3n) is 2.62. The Morgan fingerprint density at radius 3 is 2.74 bits per heavy atom. The summed E-state index contributed by atoms with van der Waals surface area (Å²) in [6.07, 6.45) is 1.87. The molecule has 1 aromatic rings. The third-order valence-corrected chi connectivity index (χ3v) is 2.62. The fourth-order valence-electron chi connectivity index (χ4n) is 1.49. The van der Waals surface area contributed by atoms with Gasteiger partial charge in [-0.2, -0.15) is 0 Å². The van der Waals surface area contributed by atoms with Gasteiger partial charge in [-0.15, -0.1) is 0 Å². The molecule has 106 valence electrons. The molecule has 1 rings (SSSR count). The van der Waals surface area contributed by atoms with Crippen LogP contribution >= 0.6 is 0 Å². The van der Waals surface area contributed by atoms with Crippen molar-refractivity contribution in [2.75, 3.05) is 19.8 Å². The zero-order valence-electron chi connectivity index (χ0n) is 11.6. The van der Waals surface area contributed by atoms with Crippen LogP contribution in [0.1, 0.15) is 37.0 Å². The summed E-state index contributed by atoms with van der Waals surface area (Å²) in [7, 11) is 0. The topological polar surface area (TPSA) is 55.8 Å². The van der Waals surface area contributed by atoms with E-state index in [9.17, 15) is 4.79 Å². The molecule has 0 heterocycles. The van der Waals surface area contributed by atoms with Gasteiger partial charge in [0, 0.05) is 19.6 Å². The smallest absolute Gasteiger partial charge is 0.335 e. The van der Waals surface area contributed by atoms with Crippen LogP contribution in [0.15, 0.2) is 24.3 Å². The predicted octanol–water partition coefficient (Wildman–Crippen LogP) is 3.22. The summed E-state index contributed by atoms with van der Waals surface area (Å²) in [5.41, 5.74) is 0.241. The monoisotopic (exact) mass is 266 g/mol. The van der Waals surface area contributed by atoms with Crippen LogP contribution < -0.4 is 4.74 Å². The molecule has 4 nitrogen and oxygen atoms in total. The average molecular weight is 266 g/mol. The lowest BCUT2D eigenvalue weighted by molar-refractivity contribution is 0.0696. The van der Waals surface area contributed by atoms with Crippen LogP contribution in [0.25, 0.3) is 0 Å². The van der Waals surface area contributed by atoms with Crippen molar-refractivity contribution in [1.29, 1.82) is 0 Å². The highest BCUT2D eigenvalue weighted by Crippen LogP contribution is 2.13. The van der Waals surface area contributed by atoms with Crippen LogP contribution in [0.5, 0.6) is 5.75 Å². The Labute approximate surface area is 114 Å². The lowest BCUT2D eigenvalue weighted by Crippen LogP contribution is -2.05. The van der Waals surface area contributed by atoms with Gasteiger partial charge < -0.3 is 14.6 Å². The van der Waals surface area contributed by atoms with Gasteiger partial charge in [-0.3, -0.25) is 0 Å². The molecule has 0 atom stereocenters. The largest absolute Gasteiger partial charge is 0.493 e. The van der Waals surface area contributed by atoms with E-state index in [1.807, 2.05) is 0 Å². The van der Waals surface area contributed by atoms with Crippen molar-refractivity contribution in [3.63, 3.8) is 0 Å². The molecule has 0 saturated carbocycles. The van der Waals surface area contributed by atoms with Crippen molar-refractivity contribution < 1.29 is 19.4 Å². The van der Waals surface area contributed by atoms with E-state index in [0.717, 1.165) is 19.4 Å². The van der Waals surface area contributed by atoms with E-state index in [4.69, 9.17) is 14.6 Å². The molecule has 0 radical (unpaired) electrons. The fourth-order valence-corrected chi connectivity index (χ4v) is 1.49. The van der Waals surface area contributed by atoms with Gasteiger partial charge in [-0.05, 0) is 30.5 Å². The van der Waals surface area contributed by atoms with Crippen molar-refractivity contribution in [1.82, 2.24) is 0 Å². The average Bonchev–Trinajstić information content (AvgIpc) is 2.37. The highest BCUT2D eigenvalue weighted by Gasteiger charge is 2.03. The SMILES string of the molecule is CC(C)CCOCCCOc1cccc(C(=O)O)c1. The summed E-state index contributed by atoms with van der Waals surface area (Å²) in [4.78, 5) is 10.8. The molecule has 0 spiro atoms. The zero-order chi connectivity index (χ0) is 14.1. The molecule has 19 heavy (non-hydrogen) atoms. The normalized spacial score (nSPS) is 10.7. The second-order valence-electron chi connectivity index (χ2n) is 4.83. The van der Waals surface area contributed by atoms with Gasteiger partial charge in [0.05, 0.1) is 12.2 Å². The van der Waals surface area contributed by atoms with Gasteiger partial charge in [-0.25, -0.2) is 4.79 Å². The maximum absolute atomic E-state index is 10.8. The minimum atomic E-state index is -0.942. The number of aromatic carboxylic acids is 1. The van der Waals surface area contributed by atoms with Crippen LogP contribution in [0.2, 0.25) is 0 Å². The summed E-state index contributed by atoms with van der Waals surface area (Å²) in [6.45, 7) is 6.33. The van der Waals surface area contributed by atoms with Crippen molar-refractivity contribution in [3.05, 3.63) is 29.8 Å². The third kappa shape index (κ3) is 6.82. The molecular formula is C15H22O4. The van der Waals surface area contributed by atoms with Crippen LogP contribution in [-0.2, 0) is 4.74 Å². The Hall–Kier alpha value is -1.55. The number of rotatable bonds is 9. The van der Waals surface area contributed by atoms with Crippen molar-refractivity contribution in [2.24, 2.45) is 5.92 Å². The second-order valence-corrected chi connectivity index (χ2v) is 4.83. The molecular weight excluding hydrogens is 244 g/mol. The number of benzene rings is 1. The maximum Gasteiger partial charge on any atom is 0.335 e. The molecule has 0 unspecified atom stereocenters. The van der Waals surface area contributed by atoms with Gasteiger partial charge in [0.15, 0.2) is 0 Å². The van der Waals surface area contributed by atoms with E-state index < -0.39 is 5.97 Å². The summed E-state index contributed by atoms with van der Waals surface area (Å²) >= 11 is 0. The predicted molar refractivity (Wildman–Crippen MR) is 73.8 cm³/mol. The Balaban J connectivity index is 2.15. The van der Waals surface area contributed by atoms with Crippen LogP contribution in [0, 0.1) is 5.92 Å². The van der Waals surface area contributed by atoms with Gasteiger partial charge in [0.2, 0.25) is 0 Å². The fraction of sp³-hybridized carbons (Fsp3) is 0.533. The zero-order valence-corrected chi connectivity index (χ0v) is 11.6. The second kappa shape index (κ2) is 8.53. The summed E-state index contributed by atoms with van der Waals surface area (Å²) in [6, 6.07) is 6.51. The van der Waals surface area contributed by atoms with E-state index in [1.165, 1.54) is 6.07 Å². The first-order valence-electron chi connectivity index (χ1n) is 6.63. The van der Waals surface area contributed by atoms with Crippen molar-refractivity contribution in [3.8, 4) is 5.75 Å². The van der Waals surface area contributed by atoms with Gasteiger partial charge in [0.1, 0.15) is 5.75 Å². The van der Waals surface area contributed by atoms with Gasteiger partial charge in [0.25, 0.3) is 0 Å². The van der Waals surface area contributed by atoms with E-state index in [0.29, 0.717) is 24.9 Å². The van der Waals surface area contributed by atoms with Crippen LogP contribution in [-0.4, -0.2) is 30.9 Å². The Morgan fingerprint density at radius 2 is 2.05 bits per heavy atom. The molecule has 0 aliphatic carbocycles. The molecule has 0 fully saturated rings. The minimum absolute atomic E-state index is 0.241. The van der Waals surface area contributed by atoms with E-state index >= 15 is 0 Å².